The van der Waals surface area contributed by atoms with Gasteiger partial charge in [-0.15, -0.1) is 0 Å². The zero-order chi connectivity index (χ0) is 16.8. The molecule has 1 aromatic carbocycles. The molecule has 0 atom stereocenters. The number of hydrogen-bond donors (Lipinski definition) is 2. The largest absolute Gasteiger partial charge is 0.494 e. The van der Waals surface area contributed by atoms with Gasteiger partial charge in [0.1, 0.15) is 5.75 Å². The van der Waals surface area contributed by atoms with Crippen LogP contribution < -0.4 is 10.1 Å². The number of likely N-dealkylation sites (tertiary alicyclic amines) is 1. The number of anilines is 1. The number of ether oxygens (including phenoxy) is 1. The molecule has 1 heterocycles. The van der Waals surface area contributed by atoms with Crippen molar-refractivity contribution in [2.75, 3.05) is 25.0 Å². The van der Waals surface area contributed by atoms with Gasteiger partial charge in [-0.25, -0.2) is 0 Å². The first-order chi connectivity index (χ1) is 11.8. The van der Waals surface area contributed by atoms with E-state index in [-0.39, 0.29) is 6.61 Å². The number of piperidine rings is 1. The molecule has 3 rings (SSSR count). The van der Waals surface area contributed by atoms with Gasteiger partial charge < -0.3 is 20.1 Å². The van der Waals surface area contributed by atoms with E-state index in [1.807, 2.05) is 19.1 Å². The molecule has 1 saturated heterocycles. The second-order valence-corrected chi connectivity index (χ2v) is 7.16. The van der Waals surface area contributed by atoms with Crippen molar-refractivity contribution < 1.29 is 9.84 Å². The lowest BCUT2D eigenvalue weighted by Crippen LogP contribution is -2.45. The van der Waals surface area contributed by atoms with E-state index in [1.165, 1.54) is 58.0 Å². The number of nitrogens with zero attached hydrogens (tertiary/aromatic N) is 1. The van der Waals surface area contributed by atoms with E-state index in [0.717, 1.165) is 23.0 Å². The van der Waals surface area contributed by atoms with E-state index in [4.69, 9.17) is 4.74 Å². The minimum atomic E-state index is 0.0188. The molecule has 2 fully saturated rings. The van der Waals surface area contributed by atoms with Gasteiger partial charge in [-0.2, -0.15) is 0 Å². The van der Waals surface area contributed by atoms with Crippen molar-refractivity contribution in [3.63, 3.8) is 0 Å². The summed E-state index contributed by atoms with van der Waals surface area (Å²) in [5.41, 5.74) is 1.96. The van der Waals surface area contributed by atoms with Crippen molar-refractivity contribution in [3.05, 3.63) is 23.8 Å². The fourth-order valence-electron chi connectivity index (χ4n) is 4.18. The van der Waals surface area contributed by atoms with Crippen molar-refractivity contribution in [3.8, 4) is 5.75 Å². The fourth-order valence-corrected chi connectivity index (χ4v) is 4.18. The Hall–Kier alpha value is -1.26. The second-order valence-electron chi connectivity index (χ2n) is 7.16. The van der Waals surface area contributed by atoms with E-state index in [0.29, 0.717) is 12.6 Å². The van der Waals surface area contributed by atoms with Crippen LogP contribution in [0.2, 0.25) is 0 Å². The Morgan fingerprint density at radius 2 is 1.88 bits per heavy atom. The smallest absolute Gasteiger partial charge is 0.124 e. The van der Waals surface area contributed by atoms with Gasteiger partial charge in [-0.3, -0.25) is 0 Å². The van der Waals surface area contributed by atoms with E-state index < -0.39 is 0 Å². The lowest BCUT2D eigenvalue weighted by molar-refractivity contribution is 0.126. The molecule has 0 amide bonds. The summed E-state index contributed by atoms with van der Waals surface area (Å²) >= 11 is 0. The van der Waals surface area contributed by atoms with E-state index >= 15 is 0 Å². The van der Waals surface area contributed by atoms with Crippen LogP contribution in [0.15, 0.2) is 18.2 Å². The maximum Gasteiger partial charge on any atom is 0.124 e. The van der Waals surface area contributed by atoms with Crippen molar-refractivity contribution in [1.82, 2.24) is 4.90 Å². The van der Waals surface area contributed by atoms with Crippen LogP contribution in [-0.2, 0) is 6.61 Å². The van der Waals surface area contributed by atoms with Gasteiger partial charge in [0, 0.05) is 36.4 Å². The molecule has 2 aliphatic rings. The molecule has 1 aliphatic carbocycles. The minimum Gasteiger partial charge on any atom is -0.494 e. The summed E-state index contributed by atoms with van der Waals surface area (Å²) in [6.07, 6.45) is 9.47. The number of benzene rings is 1. The van der Waals surface area contributed by atoms with Crippen LogP contribution in [0.3, 0.4) is 0 Å². The number of nitrogens with one attached hydrogen (secondary N) is 1. The molecule has 0 aromatic heterocycles. The van der Waals surface area contributed by atoms with Crippen molar-refractivity contribution in [2.24, 2.45) is 0 Å². The number of aliphatic hydroxyl groups is 1. The molecule has 1 aromatic rings. The van der Waals surface area contributed by atoms with E-state index in [1.54, 1.807) is 0 Å². The fraction of sp³-hybridized carbons (Fsp3) is 0.700. The lowest BCUT2D eigenvalue weighted by Gasteiger charge is -2.39. The van der Waals surface area contributed by atoms with Crippen molar-refractivity contribution >= 4 is 5.69 Å². The lowest BCUT2D eigenvalue weighted by atomic mass is 9.92. The van der Waals surface area contributed by atoms with Crippen LogP contribution in [0.5, 0.6) is 5.75 Å². The highest BCUT2D eigenvalue weighted by Gasteiger charge is 2.26. The Morgan fingerprint density at radius 3 is 2.54 bits per heavy atom. The quantitative estimate of drug-likeness (QED) is 0.832. The molecule has 134 valence electrons. The van der Waals surface area contributed by atoms with Crippen molar-refractivity contribution in [2.45, 2.75) is 70.6 Å². The highest BCUT2D eigenvalue weighted by Crippen LogP contribution is 2.28. The maximum atomic E-state index is 9.54. The van der Waals surface area contributed by atoms with Gasteiger partial charge >= 0.3 is 0 Å². The zero-order valence-corrected chi connectivity index (χ0v) is 15.0. The number of aliphatic hydroxyl groups excluding tert-OH is 1. The molecule has 0 spiro atoms. The third-order valence-electron chi connectivity index (χ3n) is 5.52. The second kappa shape index (κ2) is 8.72. The Bertz CT molecular complexity index is 506. The monoisotopic (exact) mass is 332 g/mol. The highest BCUT2D eigenvalue weighted by atomic mass is 16.5. The highest BCUT2D eigenvalue weighted by molar-refractivity contribution is 5.51. The van der Waals surface area contributed by atoms with E-state index in [9.17, 15) is 5.11 Å². The maximum absolute atomic E-state index is 9.54. The zero-order valence-electron chi connectivity index (χ0n) is 15.0. The molecule has 1 aliphatic heterocycles. The first kappa shape index (κ1) is 17.6. The summed E-state index contributed by atoms with van der Waals surface area (Å²) in [6, 6.07) is 7.44. The molecular formula is C20H32N2O2. The van der Waals surface area contributed by atoms with E-state index in [2.05, 4.69) is 16.3 Å². The summed E-state index contributed by atoms with van der Waals surface area (Å²) in [4.78, 5) is 2.72. The summed E-state index contributed by atoms with van der Waals surface area (Å²) in [5, 5.41) is 13.2. The Labute approximate surface area is 146 Å². The first-order valence-corrected chi connectivity index (χ1v) is 9.67. The molecule has 24 heavy (non-hydrogen) atoms. The van der Waals surface area contributed by atoms with Crippen LogP contribution in [-0.4, -0.2) is 41.8 Å². The predicted molar refractivity (Wildman–Crippen MR) is 98.6 cm³/mol. The third-order valence-corrected chi connectivity index (χ3v) is 5.52. The summed E-state index contributed by atoms with van der Waals surface area (Å²) in [5.74, 6) is 0.790. The predicted octanol–water partition coefficient (Wildman–Crippen LogP) is 3.79. The molecule has 1 saturated carbocycles. The minimum absolute atomic E-state index is 0.0188. The van der Waals surface area contributed by atoms with Crippen LogP contribution in [0, 0.1) is 0 Å². The summed E-state index contributed by atoms with van der Waals surface area (Å²) < 4.78 is 5.56. The topological polar surface area (TPSA) is 44.7 Å². The van der Waals surface area contributed by atoms with Gasteiger partial charge in [0.2, 0.25) is 0 Å². The number of hydrogen-bond acceptors (Lipinski definition) is 4. The van der Waals surface area contributed by atoms with Gasteiger partial charge in [0.15, 0.2) is 0 Å². The van der Waals surface area contributed by atoms with Gasteiger partial charge in [-0.05, 0) is 50.8 Å². The van der Waals surface area contributed by atoms with Crippen LogP contribution in [0.25, 0.3) is 0 Å². The van der Waals surface area contributed by atoms with Gasteiger partial charge in [0.05, 0.1) is 13.2 Å². The van der Waals surface area contributed by atoms with Crippen LogP contribution in [0.1, 0.15) is 57.4 Å². The molecule has 4 heteroatoms. The SMILES string of the molecule is CCOc1ccc(NC2CCN(C3CCCCC3)CC2)cc1CO. The first-order valence-electron chi connectivity index (χ1n) is 9.67. The average Bonchev–Trinajstić information content (AvgIpc) is 2.64. The molecule has 2 N–H and O–H groups in total. The molecule has 4 nitrogen and oxygen atoms in total. The summed E-state index contributed by atoms with van der Waals surface area (Å²) in [7, 11) is 0. The average molecular weight is 332 g/mol. The Kier molecular flexibility index (Phi) is 6.38. The van der Waals surface area contributed by atoms with Crippen LogP contribution >= 0.6 is 0 Å². The Morgan fingerprint density at radius 1 is 1.12 bits per heavy atom. The Balaban J connectivity index is 1.52. The summed E-state index contributed by atoms with van der Waals surface area (Å²) in [6.45, 7) is 5.04. The standard InChI is InChI=1S/C20H32N2O2/c1-2-24-20-9-8-18(14-16(20)15-23)21-17-10-12-22(13-11-17)19-6-4-3-5-7-19/h8-9,14,17,19,21,23H,2-7,10-13,15H2,1H3. The van der Waals surface area contributed by atoms with Crippen LogP contribution in [0.4, 0.5) is 5.69 Å². The third kappa shape index (κ3) is 4.42. The number of rotatable bonds is 6. The van der Waals surface area contributed by atoms with Gasteiger partial charge in [-0.1, -0.05) is 19.3 Å². The molecule has 0 unspecified atom stereocenters. The molecule has 0 radical (unpaired) electrons. The normalized spacial score (nSPS) is 20.9. The molecular weight excluding hydrogens is 300 g/mol. The van der Waals surface area contributed by atoms with Crippen molar-refractivity contribution in [1.29, 1.82) is 0 Å². The van der Waals surface area contributed by atoms with Gasteiger partial charge in [0.25, 0.3) is 0 Å². The molecule has 0 bridgehead atoms.